The highest BCUT2D eigenvalue weighted by atomic mass is 16.3. The van der Waals surface area contributed by atoms with Crippen LogP contribution in [-0.4, -0.2) is 48.7 Å². The zero-order valence-corrected chi connectivity index (χ0v) is 9.58. The quantitative estimate of drug-likeness (QED) is 0.641. The Morgan fingerprint density at radius 1 is 1.43 bits per heavy atom. The van der Waals surface area contributed by atoms with Gasteiger partial charge in [-0.05, 0) is 19.9 Å². The van der Waals surface area contributed by atoms with E-state index in [1.807, 2.05) is 14.0 Å². The van der Waals surface area contributed by atoms with E-state index in [-0.39, 0.29) is 18.6 Å². The zero-order valence-electron chi connectivity index (χ0n) is 9.58. The third-order valence-electron chi connectivity index (χ3n) is 2.28. The Kier molecular flexibility index (Phi) is 6.49. The van der Waals surface area contributed by atoms with Gasteiger partial charge in [0.05, 0.1) is 13.2 Å². The van der Waals surface area contributed by atoms with E-state index < -0.39 is 0 Å². The van der Waals surface area contributed by atoms with Gasteiger partial charge in [0.25, 0.3) is 0 Å². The van der Waals surface area contributed by atoms with Crippen LogP contribution in [0.3, 0.4) is 0 Å². The van der Waals surface area contributed by atoms with Crippen LogP contribution in [-0.2, 0) is 4.79 Å². The number of aliphatic hydroxyl groups excluding tert-OH is 1. The molecule has 0 fully saturated rings. The highest BCUT2D eigenvalue weighted by Crippen LogP contribution is 1.99. The molecular weight excluding hydrogens is 180 g/mol. The molecule has 14 heavy (non-hydrogen) atoms. The Balaban J connectivity index is 3.75. The molecule has 4 heteroatoms. The van der Waals surface area contributed by atoms with E-state index in [9.17, 15) is 4.79 Å². The van der Waals surface area contributed by atoms with Crippen molar-refractivity contribution in [1.29, 1.82) is 0 Å². The normalized spacial score (nSPS) is 13.4. The van der Waals surface area contributed by atoms with Crippen LogP contribution >= 0.6 is 0 Å². The highest BCUT2D eigenvalue weighted by Gasteiger charge is 2.11. The van der Waals surface area contributed by atoms with Gasteiger partial charge in [-0.15, -0.1) is 0 Å². The lowest BCUT2D eigenvalue weighted by Crippen LogP contribution is -2.42. The van der Waals surface area contributed by atoms with Crippen LogP contribution in [0, 0.1) is 5.92 Å². The van der Waals surface area contributed by atoms with Crippen LogP contribution < -0.4 is 5.32 Å². The Morgan fingerprint density at radius 2 is 2.00 bits per heavy atom. The van der Waals surface area contributed by atoms with E-state index in [2.05, 4.69) is 19.2 Å². The van der Waals surface area contributed by atoms with Gasteiger partial charge in [-0.2, -0.15) is 0 Å². The van der Waals surface area contributed by atoms with Gasteiger partial charge in [0.2, 0.25) is 5.91 Å². The molecule has 1 unspecified atom stereocenters. The number of hydrogen-bond acceptors (Lipinski definition) is 3. The van der Waals surface area contributed by atoms with Gasteiger partial charge >= 0.3 is 0 Å². The number of carbonyl (C=O) groups is 1. The molecule has 0 spiro atoms. The minimum absolute atomic E-state index is 0.0159. The summed E-state index contributed by atoms with van der Waals surface area (Å²) in [5.74, 6) is 0.462. The number of amides is 1. The molecule has 0 saturated heterocycles. The van der Waals surface area contributed by atoms with Crippen molar-refractivity contribution in [2.24, 2.45) is 5.92 Å². The number of rotatable bonds is 6. The van der Waals surface area contributed by atoms with E-state index in [0.29, 0.717) is 19.0 Å². The number of carbonyl (C=O) groups excluding carboxylic acids is 1. The summed E-state index contributed by atoms with van der Waals surface area (Å²) >= 11 is 0. The first-order valence-corrected chi connectivity index (χ1v) is 5.06. The van der Waals surface area contributed by atoms with Crippen LogP contribution in [0.15, 0.2) is 0 Å². The number of nitrogens with one attached hydrogen (secondary N) is 1. The van der Waals surface area contributed by atoms with Gasteiger partial charge in [-0.3, -0.25) is 9.69 Å². The molecule has 0 aromatic heterocycles. The Morgan fingerprint density at radius 3 is 2.43 bits per heavy atom. The molecule has 0 rings (SSSR count). The van der Waals surface area contributed by atoms with Gasteiger partial charge in [0, 0.05) is 12.6 Å². The standard InChI is InChI=1S/C10H22N2O2/c1-8(2)9(3)11-10(14)7-12(4)5-6-13/h8-9,13H,5-7H2,1-4H3,(H,11,14). The second-order valence-electron chi connectivity index (χ2n) is 4.06. The zero-order chi connectivity index (χ0) is 11.1. The van der Waals surface area contributed by atoms with Gasteiger partial charge in [-0.1, -0.05) is 13.8 Å². The lowest BCUT2D eigenvalue weighted by atomic mass is 10.1. The molecule has 4 nitrogen and oxygen atoms in total. The summed E-state index contributed by atoms with van der Waals surface area (Å²) in [6.45, 7) is 7.10. The largest absolute Gasteiger partial charge is 0.395 e. The second-order valence-corrected chi connectivity index (χ2v) is 4.06. The number of hydrogen-bond donors (Lipinski definition) is 2. The minimum Gasteiger partial charge on any atom is -0.395 e. The van der Waals surface area contributed by atoms with Gasteiger partial charge < -0.3 is 10.4 Å². The molecule has 0 aliphatic heterocycles. The Labute approximate surface area is 86.3 Å². The van der Waals surface area contributed by atoms with Crippen molar-refractivity contribution in [1.82, 2.24) is 10.2 Å². The summed E-state index contributed by atoms with van der Waals surface area (Å²) < 4.78 is 0. The van der Waals surface area contributed by atoms with E-state index in [1.165, 1.54) is 0 Å². The molecule has 0 bridgehead atoms. The fourth-order valence-corrected chi connectivity index (χ4v) is 0.961. The van der Waals surface area contributed by atoms with Crippen molar-refractivity contribution in [3.05, 3.63) is 0 Å². The summed E-state index contributed by atoms with van der Waals surface area (Å²) in [5, 5.41) is 11.6. The average Bonchev–Trinajstić information content (AvgIpc) is 2.03. The molecular formula is C10H22N2O2. The van der Waals surface area contributed by atoms with Crippen molar-refractivity contribution in [3.8, 4) is 0 Å². The average molecular weight is 202 g/mol. The smallest absolute Gasteiger partial charge is 0.234 e. The lowest BCUT2D eigenvalue weighted by Gasteiger charge is -2.20. The molecule has 2 N–H and O–H groups in total. The molecule has 0 aliphatic carbocycles. The first kappa shape index (κ1) is 13.4. The molecule has 0 heterocycles. The summed E-state index contributed by atoms with van der Waals surface area (Å²) in [5.41, 5.74) is 0. The van der Waals surface area contributed by atoms with Crippen LogP contribution in [0.5, 0.6) is 0 Å². The van der Waals surface area contributed by atoms with E-state index in [0.717, 1.165) is 0 Å². The maximum Gasteiger partial charge on any atom is 0.234 e. The summed E-state index contributed by atoms with van der Waals surface area (Å²) in [7, 11) is 1.82. The highest BCUT2D eigenvalue weighted by molar-refractivity contribution is 5.78. The van der Waals surface area contributed by atoms with Crippen molar-refractivity contribution >= 4 is 5.91 Å². The fourth-order valence-electron chi connectivity index (χ4n) is 0.961. The van der Waals surface area contributed by atoms with Gasteiger partial charge in [0.1, 0.15) is 0 Å². The van der Waals surface area contributed by atoms with Crippen molar-refractivity contribution < 1.29 is 9.90 Å². The lowest BCUT2D eigenvalue weighted by molar-refractivity contribution is -0.122. The fraction of sp³-hybridized carbons (Fsp3) is 0.900. The SMILES string of the molecule is CC(C)C(C)NC(=O)CN(C)CCO. The van der Waals surface area contributed by atoms with Crippen LogP contribution in [0.25, 0.3) is 0 Å². The number of likely N-dealkylation sites (N-methyl/N-ethyl adjacent to an activating group) is 1. The Hall–Kier alpha value is -0.610. The van der Waals surface area contributed by atoms with Crippen LogP contribution in [0.1, 0.15) is 20.8 Å². The van der Waals surface area contributed by atoms with Crippen LogP contribution in [0.4, 0.5) is 0 Å². The topological polar surface area (TPSA) is 52.6 Å². The van der Waals surface area contributed by atoms with Crippen molar-refractivity contribution in [3.63, 3.8) is 0 Å². The van der Waals surface area contributed by atoms with E-state index >= 15 is 0 Å². The molecule has 1 atom stereocenters. The predicted molar refractivity (Wildman–Crippen MR) is 57.0 cm³/mol. The van der Waals surface area contributed by atoms with Gasteiger partial charge in [0.15, 0.2) is 0 Å². The molecule has 1 amide bonds. The molecule has 84 valence electrons. The molecule has 0 aromatic carbocycles. The minimum atomic E-state index is 0.0159. The summed E-state index contributed by atoms with van der Waals surface area (Å²) in [6, 6.07) is 0.199. The molecule has 0 radical (unpaired) electrons. The maximum absolute atomic E-state index is 11.4. The summed E-state index contributed by atoms with van der Waals surface area (Å²) in [6.07, 6.45) is 0. The second kappa shape index (κ2) is 6.79. The molecule has 0 saturated carbocycles. The number of nitrogens with zero attached hydrogens (tertiary/aromatic N) is 1. The van der Waals surface area contributed by atoms with Crippen molar-refractivity contribution in [2.75, 3.05) is 26.7 Å². The third kappa shape index (κ3) is 5.94. The van der Waals surface area contributed by atoms with Crippen molar-refractivity contribution in [2.45, 2.75) is 26.8 Å². The first-order valence-electron chi connectivity index (χ1n) is 5.06. The predicted octanol–water partition coefficient (Wildman–Crippen LogP) is 0.0712. The number of aliphatic hydroxyl groups is 1. The van der Waals surface area contributed by atoms with Gasteiger partial charge in [-0.25, -0.2) is 0 Å². The molecule has 0 aromatic rings. The molecule has 0 aliphatic rings. The monoisotopic (exact) mass is 202 g/mol. The van der Waals surface area contributed by atoms with Crippen LogP contribution in [0.2, 0.25) is 0 Å². The summed E-state index contributed by atoms with van der Waals surface area (Å²) in [4.78, 5) is 13.2. The third-order valence-corrected chi connectivity index (χ3v) is 2.28. The Bertz CT molecular complexity index is 172. The maximum atomic E-state index is 11.4. The first-order chi connectivity index (χ1) is 6.47. The van der Waals surface area contributed by atoms with E-state index in [1.54, 1.807) is 4.90 Å². The van der Waals surface area contributed by atoms with E-state index in [4.69, 9.17) is 5.11 Å².